The summed E-state index contributed by atoms with van der Waals surface area (Å²) in [5, 5.41) is 14.6. The number of hydrogen-bond donors (Lipinski definition) is 2. The largest absolute Gasteiger partial charge is 0.506 e. The molecule has 0 bridgehead atoms. The van der Waals surface area contributed by atoms with E-state index in [1.54, 1.807) is 14.2 Å². The van der Waals surface area contributed by atoms with E-state index in [0.717, 1.165) is 45.6 Å². The Morgan fingerprint density at radius 1 is 0.775 bits per heavy atom. The number of carboxylic acid groups (broad SMARTS) is 1. The van der Waals surface area contributed by atoms with E-state index in [1.165, 1.54) is 0 Å². The van der Waals surface area contributed by atoms with Gasteiger partial charge in [0.25, 0.3) is 0 Å². The highest BCUT2D eigenvalue weighted by Gasteiger charge is 2.55. The van der Waals surface area contributed by atoms with Crippen LogP contribution in [0, 0.1) is 12.3 Å². The summed E-state index contributed by atoms with van der Waals surface area (Å²) in [5.74, 6) is 4.89. The van der Waals surface area contributed by atoms with Crippen molar-refractivity contribution in [2.24, 2.45) is 0 Å². The molecule has 6 aromatic carbocycles. The summed E-state index contributed by atoms with van der Waals surface area (Å²) < 4.78 is 33.7. The Morgan fingerprint density at radius 3 is 1.76 bits per heavy atom. The highest BCUT2D eigenvalue weighted by Crippen LogP contribution is 2.51. The molecular formula is C59H55ClN4O7. The second kappa shape index (κ2) is 21.2. The number of carbonyl (C=O) groups is 1. The monoisotopic (exact) mass is 966 g/mol. The van der Waals surface area contributed by atoms with E-state index in [0.29, 0.717) is 35.4 Å². The topological polar surface area (TPSA) is 126 Å². The van der Waals surface area contributed by atoms with Crippen LogP contribution in [0.3, 0.4) is 0 Å². The summed E-state index contributed by atoms with van der Waals surface area (Å²) in [5.41, 5.74) is 2.03. The lowest BCUT2D eigenvalue weighted by atomic mass is 9.77. The first-order valence-corrected chi connectivity index (χ1v) is 24.1. The molecule has 1 saturated heterocycles. The van der Waals surface area contributed by atoms with Gasteiger partial charge in [-0.2, -0.15) is 4.98 Å². The van der Waals surface area contributed by atoms with Crippen molar-refractivity contribution in [2.75, 3.05) is 19.5 Å². The molecular weight excluding hydrogens is 912 g/mol. The molecule has 8 aromatic rings. The van der Waals surface area contributed by atoms with Gasteiger partial charge in [0.2, 0.25) is 5.28 Å². The summed E-state index contributed by atoms with van der Waals surface area (Å²) in [6.07, 6.45) is 6.92. The molecule has 0 saturated carbocycles. The molecule has 1 fully saturated rings. The van der Waals surface area contributed by atoms with E-state index in [-0.39, 0.29) is 18.1 Å². The van der Waals surface area contributed by atoms with Gasteiger partial charge < -0.3 is 38.7 Å². The Kier molecular flexibility index (Phi) is 14.4. The maximum Gasteiger partial charge on any atom is 0.506 e. The van der Waals surface area contributed by atoms with Crippen LogP contribution in [-0.2, 0) is 25.4 Å². The van der Waals surface area contributed by atoms with Crippen molar-refractivity contribution in [3.05, 3.63) is 221 Å². The molecule has 2 aromatic heterocycles. The molecule has 1 aliphatic rings. The molecule has 4 atom stereocenters. The maximum absolute atomic E-state index is 12.3. The average Bonchev–Trinajstić information content (AvgIpc) is 4.00. The predicted molar refractivity (Wildman–Crippen MR) is 276 cm³/mol. The molecule has 11 nitrogen and oxygen atoms in total. The molecule has 0 aliphatic carbocycles. The van der Waals surface area contributed by atoms with Gasteiger partial charge in [0.05, 0.1) is 19.6 Å². The minimum Gasteiger partial charge on any atom is -0.497 e. The number of aromatic nitrogens is 3. The number of terminal acetylenes is 1. The molecule has 9 rings (SSSR count). The van der Waals surface area contributed by atoms with Crippen molar-refractivity contribution < 1.29 is 33.6 Å². The fraction of sp³-hybridized carbons (Fsp3) is 0.237. The number of methoxy groups -OCH3 is 2. The smallest absolute Gasteiger partial charge is 0.497 e. The fourth-order valence-corrected chi connectivity index (χ4v) is 10.2. The number of rotatable bonds is 19. The Balaban J connectivity index is 1.21. The normalized spacial score (nSPS) is 17.3. The number of anilines is 1. The Labute approximate surface area is 419 Å². The van der Waals surface area contributed by atoms with Gasteiger partial charge in [0, 0.05) is 19.0 Å². The predicted octanol–water partition coefficient (Wildman–Crippen LogP) is 12.8. The number of benzene rings is 6. The van der Waals surface area contributed by atoms with Gasteiger partial charge in [0.15, 0.2) is 5.60 Å². The molecule has 360 valence electrons. The van der Waals surface area contributed by atoms with Gasteiger partial charge in [-0.05, 0) is 81.7 Å². The Bertz CT molecular complexity index is 3000. The number of halogens is 1. The highest BCUT2D eigenvalue weighted by molar-refractivity contribution is 6.28. The molecule has 2 N–H and O–H groups in total. The lowest BCUT2D eigenvalue weighted by Gasteiger charge is -2.42. The van der Waals surface area contributed by atoms with Crippen LogP contribution < -0.4 is 14.8 Å². The van der Waals surface area contributed by atoms with Crippen molar-refractivity contribution in [1.29, 1.82) is 0 Å². The van der Waals surface area contributed by atoms with Crippen LogP contribution in [0.15, 0.2) is 182 Å². The Hall–Kier alpha value is -7.62. The summed E-state index contributed by atoms with van der Waals surface area (Å²) in [6.45, 7) is 2.04. The molecule has 3 heterocycles. The quantitative estimate of drug-likeness (QED) is 0.0350. The first kappa shape index (κ1) is 48.4. The van der Waals surface area contributed by atoms with Crippen molar-refractivity contribution in [1.82, 2.24) is 14.5 Å². The fourth-order valence-electron chi connectivity index (χ4n) is 10.1. The standard InChI is InChI=1S/C59H55ClN4O7/c1-5-7-28-49(69-56(65)66)40-57(6-2)51(70-59(44-24-16-10-17-25-44,45-26-18-11-19-27-45)46-31-35-48(68-4)36-32-46)39-52(71-57)64-38-37-50-53(61-55(60)62-54(50)64)63-58(41-20-12-8-13-21-41,42-22-14-9-15-23-42)43-29-33-47(67-3)34-30-43/h2,8-27,29-38,49,51-52H,5,7,28,39-40H2,1,3-4H3,(H,65,66)(H,61,62,63)/t49?,51-,52+,57-/m0/s1. The van der Waals surface area contributed by atoms with Crippen LogP contribution in [0.4, 0.5) is 10.6 Å². The number of ether oxygens (including phenoxy) is 5. The van der Waals surface area contributed by atoms with Crippen LogP contribution in [0.5, 0.6) is 11.5 Å². The first-order chi connectivity index (χ1) is 34.7. The van der Waals surface area contributed by atoms with Crippen molar-refractivity contribution in [3.63, 3.8) is 0 Å². The van der Waals surface area contributed by atoms with E-state index in [9.17, 15) is 9.90 Å². The van der Waals surface area contributed by atoms with Crippen LogP contribution >= 0.6 is 11.6 Å². The van der Waals surface area contributed by atoms with E-state index in [2.05, 4.69) is 35.5 Å². The lowest BCUT2D eigenvalue weighted by molar-refractivity contribution is -0.132. The zero-order valence-corrected chi connectivity index (χ0v) is 40.5. The molecule has 0 radical (unpaired) electrons. The summed E-state index contributed by atoms with van der Waals surface area (Å²) >= 11 is 6.98. The molecule has 71 heavy (non-hydrogen) atoms. The van der Waals surface area contributed by atoms with E-state index < -0.39 is 41.3 Å². The highest BCUT2D eigenvalue weighted by atomic mass is 35.5. The maximum atomic E-state index is 12.3. The summed E-state index contributed by atoms with van der Waals surface area (Å²) in [4.78, 5) is 22.1. The second-order valence-corrected chi connectivity index (χ2v) is 17.9. The molecule has 1 unspecified atom stereocenters. The van der Waals surface area contributed by atoms with Gasteiger partial charge in [-0.25, -0.2) is 9.78 Å². The zero-order chi connectivity index (χ0) is 49.4. The molecule has 12 heteroatoms. The SMILES string of the molecule is C#C[C@@]1(CC(CCCC)OC(=O)O)O[C@@H](n2ccc3c(NC(c4ccccc4)(c4ccccc4)c4ccc(OC)cc4)nc(Cl)nc32)C[C@@H]1OC(c1ccccc1)(c1ccccc1)c1ccc(OC)cc1. The van der Waals surface area contributed by atoms with Crippen LogP contribution in [0.25, 0.3) is 11.0 Å². The lowest BCUT2D eigenvalue weighted by Crippen LogP contribution is -2.48. The minimum absolute atomic E-state index is 0.000111. The summed E-state index contributed by atoms with van der Waals surface area (Å²) in [6, 6.07) is 58.0. The first-order valence-electron chi connectivity index (χ1n) is 23.7. The third-order valence-corrected chi connectivity index (χ3v) is 13.6. The van der Waals surface area contributed by atoms with Gasteiger partial charge in [-0.3, -0.25) is 0 Å². The molecule has 1 aliphatic heterocycles. The van der Waals surface area contributed by atoms with Crippen LogP contribution in [-0.4, -0.2) is 57.8 Å². The van der Waals surface area contributed by atoms with Gasteiger partial charge in [0.1, 0.15) is 52.5 Å². The molecule has 0 spiro atoms. The van der Waals surface area contributed by atoms with Crippen LogP contribution in [0.1, 0.15) is 78.6 Å². The van der Waals surface area contributed by atoms with Gasteiger partial charge in [-0.1, -0.05) is 171 Å². The Morgan fingerprint density at radius 2 is 1.27 bits per heavy atom. The third-order valence-electron chi connectivity index (χ3n) is 13.5. The van der Waals surface area contributed by atoms with Crippen molar-refractivity contribution >= 4 is 34.6 Å². The number of fused-ring (bicyclic) bond motifs is 1. The van der Waals surface area contributed by atoms with Gasteiger partial charge in [-0.15, -0.1) is 6.42 Å². The number of nitrogens with one attached hydrogen (secondary N) is 1. The second-order valence-electron chi connectivity index (χ2n) is 17.6. The van der Waals surface area contributed by atoms with Crippen molar-refractivity contribution in [2.45, 2.75) is 74.2 Å². The van der Waals surface area contributed by atoms with Gasteiger partial charge >= 0.3 is 6.16 Å². The van der Waals surface area contributed by atoms with E-state index in [1.807, 2.05) is 169 Å². The van der Waals surface area contributed by atoms with E-state index in [4.69, 9.17) is 51.7 Å². The number of nitrogens with zero attached hydrogens (tertiary/aromatic N) is 3. The van der Waals surface area contributed by atoms with Crippen LogP contribution in [0.2, 0.25) is 5.28 Å². The van der Waals surface area contributed by atoms with E-state index >= 15 is 0 Å². The average molecular weight is 968 g/mol. The number of hydrogen-bond acceptors (Lipinski definition) is 9. The minimum atomic E-state index is -1.53. The zero-order valence-electron chi connectivity index (χ0n) is 39.8. The number of unbranched alkanes of at least 4 members (excludes halogenated alkanes) is 1. The third kappa shape index (κ3) is 9.54. The molecule has 0 amide bonds. The summed E-state index contributed by atoms with van der Waals surface area (Å²) in [7, 11) is 3.28. The van der Waals surface area contributed by atoms with Crippen molar-refractivity contribution in [3.8, 4) is 23.8 Å².